The molecule has 1 aromatic heterocycles. The molecule has 2 rings (SSSR count). The molecular formula is C13H23N5. The van der Waals surface area contributed by atoms with Crippen molar-refractivity contribution in [1.29, 1.82) is 0 Å². The van der Waals surface area contributed by atoms with Crippen LogP contribution in [0.5, 0.6) is 0 Å². The molecule has 100 valence electrons. The molecule has 2 N–H and O–H groups in total. The number of piperidine rings is 1. The first-order valence-electron chi connectivity index (χ1n) is 6.62. The first-order valence-corrected chi connectivity index (χ1v) is 6.62. The maximum atomic E-state index is 6.10. The molecule has 1 aliphatic heterocycles. The van der Waals surface area contributed by atoms with Gasteiger partial charge in [-0.25, -0.2) is 4.98 Å². The molecule has 0 saturated carbocycles. The summed E-state index contributed by atoms with van der Waals surface area (Å²) in [6.07, 6.45) is 5.45. The van der Waals surface area contributed by atoms with Gasteiger partial charge in [0.2, 0.25) is 5.95 Å². The zero-order chi connectivity index (χ0) is 13.1. The normalized spacial score (nSPS) is 21.8. The van der Waals surface area contributed by atoms with Gasteiger partial charge in [-0.1, -0.05) is 0 Å². The highest BCUT2D eigenvalue weighted by molar-refractivity contribution is 5.44. The Hall–Kier alpha value is -1.36. The summed E-state index contributed by atoms with van der Waals surface area (Å²) in [6.45, 7) is 3.12. The van der Waals surface area contributed by atoms with Crippen LogP contribution in [0.15, 0.2) is 12.3 Å². The molecule has 1 aromatic rings. The summed E-state index contributed by atoms with van der Waals surface area (Å²) >= 11 is 0. The van der Waals surface area contributed by atoms with Gasteiger partial charge in [0, 0.05) is 38.9 Å². The van der Waals surface area contributed by atoms with E-state index in [9.17, 15) is 0 Å². The minimum atomic E-state index is 0.170. The van der Waals surface area contributed by atoms with E-state index in [4.69, 9.17) is 5.73 Å². The third kappa shape index (κ3) is 2.72. The van der Waals surface area contributed by atoms with Crippen LogP contribution in [0.3, 0.4) is 0 Å². The number of hydrogen-bond acceptors (Lipinski definition) is 5. The van der Waals surface area contributed by atoms with Crippen molar-refractivity contribution < 1.29 is 0 Å². The molecule has 18 heavy (non-hydrogen) atoms. The second kappa shape index (κ2) is 5.52. The van der Waals surface area contributed by atoms with Crippen molar-refractivity contribution >= 4 is 11.8 Å². The summed E-state index contributed by atoms with van der Waals surface area (Å²) < 4.78 is 0. The van der Waals surface area contributed by atoms with Crippen LogP contribution in [-0.2, 0) is 0 Å². The summed E-state index contributed by atoms with van der Waals surface area (Å²) in [7, 11) is 3.91. The molecule has 2 heterocycles. The van der Waals surface area contributed by atoms with Crippen LogP contribution in [0.25, 0.3) is 0 Å². The molecule has 1 aliphatic rings. The Kier molecular flexibility index (Phi) is 4.01. The second-order valence-electron chi connectivity index (χ2n) is 5.22. The topological polar surface area (TPSA) is 58.3 Å². The van der Waals surface area contributed by atoms with E-state index in [0.717, 1.165) is 24.7 Å². The fourth-order valence-electron chi connectivity index (χ4n) is 2.50. The number of nitrogens with two attached hydrogens (primary N) is 1. The van der Waals surface area contributed by atoms with Crippen molar-refractivity contribution in [2.24, 2.45) is 5.73 Å². The Balaban J connectivity index is 2.25. The van der Waals surface area contributed by atoms with Gasteiger partial charge in [-0.3, -0.25) is 0 Å². The summed E-state index contributed by atoms with van der Waals surface area (Å²) in [4.78, 5) is 13.1. The van der Waals surface area contributed by atoms with Gasteiger partial charge in [0.05, 0.1) is 0 Å². The molecule has 1 fully saturated rings. The van der Waals surface area contributed by atoms with E-state index >= 15 is 0 Å². The molecule has 0 amide bonds. The summed E-state index contributed by atoms with van der Waals surface area (Å²) in [5.74, 6) is 1.75. The average Bonchev–Trinajstić information content (AvgIpc) is 2.39. The van der Waals surface area contributed by atoms with Gasteiger partial charge in [0.1, 0.15) is 5.82 Å². The molecule has 5 heteroatoms. The number of nitrogens with zero attached hydrogens (tertiary/aromatic N) is 4. The predicted molar refractivity (Wildman–Crippen MR) is 75.0 cm³/mol. The van der Waals surface area contributed by atoms with E-state index < -0.39 is 0 Å². The first-order chi connectivity index (χ1) is 8.59. The smallest absolute Gasteiger partial charge is 0.226 e. The van der Waals surface area contributed by atoms with Crippen molar-refractivity contribution in [1.82, 2.24) is 9.97 Å². The van der Waals surface area contributed by atoms with Crippen LogP contribution in [0.1, 0.15) is 26.2 Å². The molecule has 0 aromatic carbocycles. The molecule has 0 bridgehead atoms. The number of hydrogen-bond donors (Lipinski definition) is 1. The maximum absolute atomic E-state index is 6.10. The second-order valence-corrected chi connectivity index (χ2v) is 5.22. The fraction of sp³-hybridized carbons (Fsp3) is 0.692. The van der Waals surface area contributed by atoms with Crippen molar-refractivity contribution in [3.8, 4) is 0 Å². The molecule has 0 aliphatic carbocycles. The van der Waals surface area contributed by atoms with Gasteiger partial charge in [-0.05, 0) is 32.3 Å². The number of rotatable bonds is 3. The summed E-state index contributed by atoms with van der Waals surface area (Å²) in [5.41, 5.74) is 6.10. The Morgan fingerprint density at radius 2 is 2.22 bits per heavy atom. The average molecular weight is 249 g/mol. The standard InChI is InChI=1S/C13H23N5/c1-10(14)11-6-4-5-9-18(11)12-7-8-15-13(16-12)17(2)3/h7-8,10-11H,4-6,9,14H2,1-3H3. The Morgan fingerprint density at radius 3 is 2.89 bits per heavy atom. The molecule has 5 nitrogen and oxygen atoms in total. The van der Waals surface area contributed by atoms with E-state index in [2.05, 4.69) is 21.8 Å². The highest BCUT2D eigenvalue weighted by Gasteiger charge is 2.26. The van der Waals surface area contributed by atoms with Gasteiger partial charge < -0.3 is 15.5 Å². The number of anilines is 2. The molecule has 2 atom stereocenters. The zero-order valence-corrected chi connectivity index (χ0v) is 11.5. The Morgan fingerprint density at radius 1 is 1.44 bits per heavy atom. The molecule has 0 spiro atoms. The van der Waals surface area contributed by atoms with E-state index in [1.165, 1.54) is 12.8 Å². The minimum Gasteiger partial charge on any atom is -0.352 e. The zero-order valence-electron chi connectivity index (χ0n) is 11.5. The van der Waals surface area contributed by atoms with Crippen molar-refractivity contribution in [2.45, 2.75) is 38.3 Å². The lowest BCUT2D eigenvalue weighted by Crippen LogP contribution is -2.49. The van der Waals surface area contributed by atoms with Gasteiger partial charge in [-0.2, -0.15) is 4.98 Å². The van der Waals surface area contributed by atoms with Crippen molar-refractivity contribution in [3.63, 3.8) is 0 Å². The van der Waals surface area contributed by atoms with Crippen molar-refractivity contribution in [2.75, 3.05) is 30.4 Å². The first kappa shape index (κ1) is 13.1. The monoisotopic (exact) mass is 249 g/mol. The lowest BCUT2D eigenvalue weighted by molar-refractivity contribution is 0.411. The third-order valence-corrected chi connectivity index (χ3v) is 3.48. The van der Waals surface area contributed by atoms with Crippen LogP contribution >= 0.6 is 0 Å². The van der Waals surface area contributed by atoms with Gasteiger partial charge >= 0.3 is 0 Å². The van der Waals surface area contributed by atoms with E-state index in [0.29, 0.717) is 6.04 Å². The third-order valence-electron chi connectivity index (χ3n) is 3.48. The van der Waals surface area contributed by atoms with E-state index in [1.54, 1.807) is 0 Å². The van der Waals surface area contributed by atoms with Gasteiger partial charge in [0.25, 0.3) is 0 Å². The summed E-state index contributed by atoms with van der Waals surface area (Å²) in [5, 5.41) is 0. The van der Waals surface area contributed by atoms with Crippen LogP contribution in [0.2, 0.25) is 0 Å². The van der Waals surface area contributed by atoms with Crippen LogP contribution in [-0.4, -0.2) is 42.7 Å². The maximum Gasteiger partial charge on any atom is 0.226 e. The quantitative estimate of drug-likeness (QED) is 0.873. The lowest BCUT2D eigenvalue weighted by atomic mass is 9.97. The largest absolute Gasteiger partial charge is 0.352 e. The molecule has 1 saturated heterocycles. The van der Waals surface area contributed by atoms with Crippen molar-refractivity contribution in [3.05, 3.63) is 12.3 Å². The summed E-state index contributed by atoms with van der Waals surface area (Å²) in [6, 6.07) is 2.54. The lowest BCUT2D eigenvalue weighted by Gasteiger charge is -2.39. The molecule has 2 unspecified atom stereocenters. The SMILES string of the molecule is CC(N)C1CCCCN1c1ccnc(N(C)C)n1. The highest BCUT2D eigenvalue weighted by atomic mass is 15.3. The molecule has 0 radical (unpaired) electrons. The van der Waals surface area contributed by atoms with Gasteiger partial charge in [0.15, 0.2) is 0 Å². The van der Waals surface area contributed by atoms with Crippen LogP contribution in [0, 0.1) is 0 Å². The Labute approximate surface area is 109 Å². The van der Waals surface area contributed by atoms with Crippen LogP contribution in [0.4, 0.5) is 11.8 Å². The minimum absolute atomic E-state index is 0.170. The highest BCUT2D eigenvalue weighted by Crippen LogP contribution is 2.25. The van der Waals surface area contributed by atoms with E-state index in [-0.39, 0.29) is 6.04 Å². The van der Waals surface area contributed by atoms with Gasteiger partial charge in [-0.15, -0.1) is 0 Å². The Bertz CT molecular complexity index is 391. The number of aromatic nitrogens is 2. The fourth-order valence-corrected chi connectivity index (χ4v) is 2.50. The predicted octanol–water partition coefficient (Wildman–Crippen LogP) is 1.25. The van der Waals surface area contributed by atoms with Crippen LogP contribution < -0.4 is 15.5 Å². The van der Waals surface area contributed by atoms with E-state index in [1.807, 2.05) is 31.3 Å². The molecular weight excluding hydrogens is 226 g/mol.